The summed E-state index contributed by atoms with van der Waals surface area (Å²) < 4.78 is 4.90. The smallest absolute Gasteiger partial charge is 0.306 e. The number of aryl methyl sites for hydroxylation is 3. The largest absolute Gasteiger partial charge is 0.456 e. The maximum atomic E-state index is 12.3. The van der Waals surface area contributed by atoms with Gasteiger partial charge in [-0.1, -0.05) is 23.8 Å². The van der Waals surface area contributed by atoms with Crippen molar-refractivity contribution in [3.8, 4) is 0 Å². The van der Waals surface area contributed by atoms with E-state index in [0.717, 1.165) is 11.1 Å². The summed E-state index contributed by atoms with van der Waals surface area (Å²) in [6.45, 7) is 4.85. The molecule has 0 atom stereocenters. The van der Waals surface area contributed by atoms with Gasteiger partial charge in [-0.3, -0.25) is 24.5 Å². The van der Waals surface area contributed by atoms with Crippen LogP contribution in [0.5, 0.6) is 0 Å². The Balaban J connectivity index is 1.84. The van der Waals surface area contributed by atoms with Crippen molar-refractivity contribution in [1.82, 2.24) is 0 Å². The maximum Gasteiger partial charge on any atom is 0.306 e. The highest BCUT2D eigenvalue weighted by Gasteiger charge is 2.15. The van der Waals surface area contributed by atoms with Gasteiger partial charge in [-0.15, -0.1) is 0 Å². The van der Waals surface area contributed by atoms with Gasteiger partial charge in [0, 0.05) is 24.1 Å². The standard InChI is InChI=1S/C21H22N2O6/c1-13-4-5-14(2)17(10-13)19(24)8-9-21(26)29-12-20(25)22-18-11-16(23(27)28)7-6-15(18)3/h4-7,10-11H,8-9,12H2,1-3H3,(H,22,25). The molecule has 8 nitrogen and oxygen atoms in total. The van der Waals surface area contributed by atoms with Gasteiger partial charge in [0.2, 0.25) is 0 Å². The fraction of sp³-hybridized carbons (Fsp3) is 0.286. The molecule has 0 bridgehead atoms. The zero-order valence-corrected chi connectivity index (χ0v) is 16.5. The molecular formula is C21H22N2O6. The Morgan fingerprint density at radius 2 is 1.69 bits per heavy atom. The van der Waals surface area contributed by atoms with Crippen LogP contribution < -0.4 is 5.32 Å². The summed E-state index contributed by atoms with van der Waals surface area (Å²) in [5.74, 6) is -1.46. The number of esters is 1. The fourth-order valence-electron chi connectivity index (χ4n) is 2.65. The second-order valence-corrected chi connectivity index (χ2v) is 6.71. The molecule has 1 amide bonds. The number of hydrogen-bond acceptors (Lipinski definition) is 6. The molecule has 2 rings (SSSR count). The summed E-state index contributed by atoms with van der Waals surface area (Å²) in [5.41, 5.74) is 3.10. The van der Waals surface area contributed by atoms with Crippen LogP contribution in [0.3, 0.4) is 0 Å². The number of benzene rings is 2. The van der Waals surface area contributed by atoms with Crippen molar-refractivity contribution >= 4 is 29.0 Å². The van der Waals surface area contributed by atoms with Crippen molar-refractivity contribution < 1.29 is 24.0 Å². The predicted molar refractivity (Wildman–Crippen MR) is 107 cm³/mol. The summed E-state index contributed by atoms with van der Waals surface area (Å²) in [7, 11) is 0. The Kier molecular flexibility index (Phi) is 7.19. The van der Waals surface area contributed by atoms with Crippen molar-refractivity contribution in [2.24, 2.45) is 0 Å². The number of hydrogen-bond donors (Lipinski definition) is 1. The molecule has 2 aromatic carbocycles. The zero-order chi connectivity index (χ0) is 21.6. The molecule has 0 aliphatic rings. The van der Waals surface area contributed by atoms with Gasteiger partial charge in [0.25, 0.3) is 11.6 Å². The number of anilines is 1. The second kappa shape index (κ2) is 9.59. The van der Waals surface area contributed by atoms with Crippen LogP contribution in [-0.2, 0) is 14.3 Å². The third-order valence-corrected chi connectivity index (χ3v) is 4.32. The lowest BCUT2D eigenvalue weighted by atomic mass is 9.99. The minimum absolute atomic E-state index is 0.0191. The first-order chi connectivity index (χ1) is 13.7. The maximum absolute atomic E-state index is 12.3. The molecule has 0 aliphatic heterocycles. The van der Waals surface area contributed by atoms with E-state index in [1.807, 2.05) is 26.0 Å². The number of nitro benzene ring substituents is 1. The van der Waals surface area contributed by atoms with Crippen LogP contribution in [0.15, 0.2) is 36.4 Å². The van der Waals surface area contributed by atoms with E-state index in [2.05, 4.69) is 5.32 Å². The summed E-state index contributed by atoms with van der Waals surface area (Å²) >= 11 is 0. The Morgan fingerprint density at radius 1 is 1.00 bits per heavy atom. The van der Waals surface area contributed by atoms with Gasteiger partial charge in [-0.05, 0) is 38.0 Å². The van der Waals surface area contributed by atoms with E-state index in [-0.39, 0.29) is 30.0 Å². The van der Waals surface area contributed by atoms with E-state index < -0.39 is 23.4 Å². The number of ether oxygens (including phenoxy) is 1. The van der Waals surface area contributed by atoms with Crippen molar-refractivity contribution in [1.29, 1.82) is 0 Å². The third-order valence-electron chi connectivity index (χ3n) is 4.32. The molecule has 0 aliphatic carbocycles. The molecule has 0 fully saturated rings. The minimum Gasteiger partial charge on any atom is -0.456 e. The van der Waals surface area contributed by atoms with Crippen LogP contribution in [0.2, 0.25) is 0 Å². The van der Waals surface area contributed by atoms with Crippen molar-refractivity contribution in [2.45, 2.75) is 33.6 Å². The summed E-state index contributed by atoms with van der Waals surface area (Å²) in [4.78, 5) is 46.4. The van der Waals surface area contributed by atoms with Crippen LogP contribution >= 0.6 is 0 Å². The lowest BCUT2D eigenvalue weighted by Gasteiger charge is -2.09. The summed E-state index contributed by atoms with van der Waals surface area (Å²) in [6, 6.07) is 9.61. The first kappa shape index (κ1) is 21.7. The lowest BCUT2D eigenvalue weighted by Crippen LogP contribution is -2.21. The Labute approximate surface area is 168 Å². The molecule has 2 aromatic rings. The van der Waals surface area contributed by atoms with Crippen molar-refractivity contribution in [3.05, 3.63) is 68.8 Å². The van der Waals surface area contributed by atoms with Gasteiger partial charge >= 0.3 is 5.97 Å². The quantitative estimate of drug-likeness (QED) is 0.314. The average molecular weight is 398 g/mol. The third kappa shape index (κ3) is 6.24. The van der Waals surface area contributed by atoms with E-state index in [9.17, 15) is 24.5 Å². The summed E-state index contributed by atoms with van der Waals surface area (Å²) in [6.07, 6.45) is -0.163. The van der Waals surface area contributed by atoms with E-state index >= 15 is 0 Å². The second-order valence-electron chi connectivity index (χ2n) is 6.71. The first-order valence-corrected chi connectivity index (χ1v) is 8.98. The van der Waals surface area contributed by atoms with E-state index in [0.29, 0.717) is 11.1 Å². The first-order valence-electron chi connectivity index (χ1n) is 8.98. The molecular weight excluding hydrogens is 376 g/mol. The van der Waals surface area contributed by atoms with Crippen molar-refractivity contribution in [2.75, 3.05) is 11.9 Å². The van der Waals surface area contributed by atoms with E-state index in [1.165, 1.54) is 18.2 Å². The van der Waals surface area contributed by atoms with Gasteiger partial charge in [-0.2, -0.15) is 0 Å². The molecule has 0 heterocycles. The molecule has 8 heteroatoms. The molecule has 0 aromatic heterocycles. The number of nitrogens with zero attached hydrogens (tertiary/aromatic N) is 1. The molecule has 0 saturated heterocycles. The normalized spacial score (nSPS) is 10.3. The minimum atomic E-state index is -0.672. The number of rotatable bonds is 8. The monoisotopic (exact) mass is 398 g/mol. The number of nitrogens with one attached hydrogen (secondary N) is 1. The van der Waals surface area contributed by atoms with Gasteiger partial charge in [-0.25, -0.2) is 0 Å². The number of carbonyl (C=O) groups excluding carboxylic acids is 3. The topological polar surface area (TPSA) is 116 Å². The fourth-order valence-corrected chi connectivity index (χ4v) is 2.65. The Bertz CT molecular complexity index is 968. The molecule has 29 heavy (non-hydrogen) atoms. The molecule has 0 spiro atoms. The lowest BCUT2D eigenvalue weighted by molar-refractivity contribution is -0.384. The van der Waals surface area contributed by atoms with Crippen molar-refractivity contribution in [3.63, 3.8) is 0 Å². The van der Waals surface area contributed by atoms with Gasteiger partial charge in [0.05, 0.1) is 17.0 Å². The van der Waals surface area contributed by atoms with Crippen LogP contribution in [0.1, 0.15) is 39.9 Å². The number of carbonyl (C=O) groups is 3. The number of Topliss-reactive ketones (excluding diaryl/α,β-unsaturated/α-hetero) is 1. The summed E-state index contributed by atoms with van der Waals surface area (Å²) in [5, 5.41) is 13.3. The van der Waals surface area contributed by atoms with E-state index in [4.69, 9.17) is 4.74 Å². The van der Waals surface area contributed by atoms with Crippen LogP contribution in [0.25, 0.3) is 0 Å². The molecule has 1 N–H and O–H groups in total. The van der Waals surface area contributed by atoms with Crippen LogP contribution in [-0.4, -0.2) is 29.2 Å². The Morgan fingerprint density at radius 3 is 2.38 bits per heavy atom. The molecule has 152 valence electrons. The van der Waals surface area contributed by atoms with E-state index in [1.54, 1.807) is 13.0 Å². The molecule has 0 saturated carbocycles. The number of ketones is 1. The average Bonchev–Trinajstić information content (AvgIpc) is 2.67. The SMILES string of the molecule is Cc1ccc(C)c(C(=O)CCC(=O)OCC(=O)Nc2cc([N+](=O)[O-])ccc2C)c1. The Hall–Kier alpha value is -3.55. The highest BCUT2D eigenvalue weighted by atomic mass is 16.6. The highest BCUT2D eigenvalue weighted by Crippen LogP contribution is 2.21. The number of non-ortho nitro benzene ring substituents is 1. The molecule has 0 radical (unpaired) electrons. The predicted octanol–water partition coefficient (Wildman–Crippen LogP) is 3.66. The highest BCUT2D eigenvalue weighted by molar-refractivity contribution is 5.99. The zero-order valence-electron chi connectivity index (χ0n) is 16.5. The van der Waals surface area contributed by atoms with Gasteiger partial charge in [0.1, 0.15) is 0 Å². The number of nitro groups is 1. The van der Waals surface area contributed by atoms with Gasteiger partial charge in [0.15, 0.2) is 12.4 Å². The molecule has 0 unspecified atom stereocenters. The van der Waals surface area contributed by atoms with Crippen LogP contribution in [0, 0.1) is 30.9 Å². The number of amides is 1. The van der Waals surface area contributed by atoms with Crippen LogP contribution in [0.4, 0.5) is 11.4 Å². The van der Waals surface area contributed by atoms with Gasteiger partial charge < -0.3 is 10.1 Å².